The fraction of sp³-hybridized carbons (Fsp3) is 0.375. The van der Waals surface area contributed by atoms with Gasteiger partial charge in [-0.2, -0.15) is 0 Å². The number of hydrogen-bond donors (Lipinski definition) is 1. The Hall–Kier alpha value is -3.55. The molecule has 0 atom stereocenters. The van der Waals surface area contributed by atoms with Gasteiger partial charge in [0.1, 0.15) is 17.2 Å². The van der Waals surface area contributed by atoms with E-state index < -0.39 is 23.3 Å². The van der Waals surface area contributed by atoms with E-state index in [1.54, 1.807) is 58.0 Å². The second-order valence-electron chi connectivity index (χ2n) is 8.28. The fourth-order valence-electron chi connectivity index (χ4n) is 3.14. The zero-order valence-electron chi connectivity index (χ0n) is 19.8. The summed E-state index contributed by atoms with van der Waals surface area (Å²) < 4.78 is 15.9. The van der Waals surface area contributed by atoms with E-state index in [0.29, 0.717) is 22.6 Å². The summed E-state index contributed by atoms with van der Waals surface area (Å²) in [6.45, 7) is 10.2. The van der Waals surface area contributed by atoms with E-state index in [9.17, 15) is 14.4 Å². The van der Waals surface area contributed by atoms with Gasteiger partial charge >= 0.3 is 5.97 Å². The highest BCUT2D eigenvalue weighted by molar-refractivity contribution is 6.01. The van der Waals surface area contributed by atoms with Crippen LogP contribution < -0.4 is 19.6 Å². The number of hydrogen-bond acceptors (Lipinski definition) is 6. The first-order valence-electron chi connectivity index (χ1n) is 10.1. The lowest BCUT2D eigenvalue weighted by molar-refractivity contribution is -0.131. The number of methoxy groups -OCH3 is 2. The summed E-state index contributed by atoms with van der Waals surface area (Å²) in [6, 6.07) is 8.03. The highest BCUT2D eigenvalue weighted by Gasteiger charge is 2.31. The zero-order valence-corrected chi connectivity index (χ0v) is 19.8. The first-order chi connectivity index (χ1) is 14.9. The average Bonchev–Trinajstić information content (AvgIpc) is 2.71. The lowest BCUT2D eigenvalue weighted by Gasteiger charge is -2.36. The number of nitrogens with zero attached hydrogens (tertiary/aromatic N) is 1. The lowest BCUT2D eigenvalue weighted by Crippen LogP contribution is -2.56. The van der Waals surface area contributed by atoms with E-state index in [1.807, 2.05) is 6.92 Å². The van der Waals surface area contributed by atoms with E-state index in [-0.39, 0.29) is 11.3 Å². The van der Waals surface area contributed by atoms with Crippen molar-refractivity contribution in [2.24, 2.45) is 0 Å². The first-order valence-corrected chi connectivity index (χ1v) is 10.1. The molecule has 0 heterocycles. The van der Waals surface area contributed by atoms with Gasteiger partial charge < -0.3 is 14.2 Å². The Labute approximate surface area is 188 Å². The quantitative estimate of drug-likeness (QED) is 0.430. The molecule has 0 aliphatic rings. The number of carbonyl (C=O) groups excluding carboxylic acids is 3. The SMILES string of the molecule is COc1cc(C(=O)NN(C(=O)c2cccc(OC(C)=O)c2C)C(C)(C)C)cc(OC)c1C. The molecule has 2 aromatic carbocycles. The Bertz CT molecular complexity index is 1010. The molecule has 32 heavy (non-hydrogen) atoms. The van der Waals surface area contributed by atoms with Crippen LogP contribution in [0, 0.1) is 13.8 Å². The number of carbonyl (C=O) groups is 3. The summed E-state index contributed by atoms with van der Waals surface area (Å²) >= 11 is 0. The Morgan fingerprint density at radius 1 is 0.906 bits per heavy atom. The van der Waals surface area contributed by atoms with Crippen molar-refractivity contribution in [3.63, 3.8) is 0 Å². The molecule has 2 amide bonds. The van der Waals surface area contributed by atoms with Crippen molar-refractivity contribution in [2.75, 3.05) is 14.2 Å². The first kappa shape index (κ1) is 24.7. The third kappa shape index (κ3) is 5.38. The van der Waals surface area contributed by atoms with Crippen molar-refractivity contribution in [1.82, 2.24) is 10.4 Å². The van der Waals surface area contributed by atoms with E-state index in [1.165, 1.54) is 26.2 Å². The number of ether oxygens (including phenoxy) is 3. The van der Waals surface area contributed by atoms with Gasteiger partial charge in [0.25, 0.3) is 11.8 Å². The summed E-state index contributed by atoms with van der Waals surface area (Å²) in [4.78, 5) is 37.9. The minimum Gasteiger partial charge on any atom is -0.496 e. The number of esters is 1. The predicted octanol–water partition coefficient (Wildman–Crippen LogP) is 3.83. The smallest absolute Gasteiger partial charge is 0.308 e. The van der Waals surface area contributed by atoms with Gasteiger partial charge in [0, 0.05) is 29.2 Å². The number of amides is 2. The lowest BCUT2D eigenvalue weighted by atomic mass is 10.0. The summed E-state index contributed by atoms with van der Waals surface area (Å²) in [5.74, 6) is -0.152. The van der Waals surface area contributed by atoms with Crippen LogP contribution in [0.3, 0.4) is 0 Å². The molecule has 0 spiro atoms. The van der Waals surface area contributed by atoms with Crippen LogP contribution in [0.5, 0.6) is 17.2 Å². The Morgan fingerprint density at radius 3 is 1.94 bits per heavy atom. The largest absolute Gasteiger partial charge is 0.496 e. The van der Waals surface area contributed by atoms with Gasteiger partial charge in [-0.3, -0.25) is 19.8 Å². The van der Waals surface area contributed by atoms with Crippen LogP contribution in [-0.4, -0.2) is 42.6 Å². The monoisotopic (exact) mass is 442 g/mol. The van der Waals surface area contributed by atoms with E-state index >= 15 is 0 Å². The van der Waals surface area contributed by atoms with Crippen LogP contribution in [0.25, 0.3) is 0 Å². The molecule has 0 unspecified atom stereocenters. The van der Waals surface area contributed by atoms with Gasteiger partial charge in [-0.05, 0) is 58.9 Å². The molecule has 0 radical (unpaired) electrons. The molecule has 0 aromatic heterocycles. The number of nitrogens with one attached hydrogen (secondary N) is 1. The minimum absolute atomic E-state index is 0.275. The Morgan fingerprint density at radius 2 is 1.47 bits per heavy atom. The standard InChI is InChI=1S/C24H30N2O6/c1-14-18(10-9-11-19(14)32-16(3)27)23(29)26(24(4,5)6)25-22(28)17-12-20(30-7)15(2)21(13-17)31-8/h9-13H,1-8H3,(H,25,28). The molecule has 0 bridgehead atoms. The number of rotatable bonds is 5. The van der Waals surface area contributed by atoms with Gasteiger partial charge in [-0.15, -0.1) is 0 Å². The maximum Gasteiger partial charge on any atom is 0.308 e. The molecule has 8 nitrogen and oxygen atoms in total. The third-order valence-electron chi connectivity index (χ3n) is 4.87. The summed E-state index contributed by atoms with van der Waals surface area (Å²) in [7, 11) is 3.01. The van der Waals surface area contributed by atoms with Gasteiger partial charge in [0.05, 0.1) is 19.8 Å². The summed E-state index contributed by atoms with van der Waals surface area (Å²) in [5, 5.41) is 1.26. The summed E-state index contributed by atoms with van der Waals surface area (Å²) in [6.07, 6.45) is 0. The van der Waals surface area contributed by atoms with Crippen molar-refractivity contribution in [1.29, 1.82) is 0 Å². The molecule has 0 aliphatic heterocycles. The Balaban J connectivity index is 2.44. The number of benzene rings is 2. The number of hydrazine groups is 1. The van der Waals surface area contributed by atoms with Crippen LogP contribution in [-0.2, 0) is 4.79 Å². The van der Waals surface area contributed by atoms with Crippen LogP contribution in [0.1, 0.15) is 59.5 Å². The Kier molecular flexibility index (Phi) is 7.51. The normalized spacial score (nSPS) is 10.9. The topological polar surface area (TPSA) is 94.2 Å². The second kappa shape index (κ2) is 9.72. The minimum atomic E-state index is -0.754. The highest BCUT2D eigenvalue weighted by Crippen LogP contribution is 2.30. The second-order valence-corrected chi connectivity index (χ2v) is 8.28. The van der Waals surface area contributed by atoms with E-state index in [2.05, 4.69) is 5.43 Å². The fourth-order valence-corrected chi connectivity index (χ4v) is 3.14. The van der Waals surface area contributed by atoms with Gasteiger partial charge in [-0.1, -0.05) is 6.07 Å². The molecular weight excluding hydrogens is 412 g/mol. The predicted molar refractivity (Wildman–Crippen MR) is 120 cm³/mol. The van der Waals surface area contributed by atoms with Crippen molar-refractivity contribution < 1.29 is 28.6 Å². The van der Waals surface area contributed by atoms with Crippen molar-refractivity contribution >= 4 is 17.8 Å². The molecule has 0 saturated heterocycles. The van der Waals surface area contributed by atoms with Crippen LogP contribution in [0.15, 0.2) is 30.3 Å². The van der Waals surface area contributed by atoms with Crippen molar-refractivity contribution in [2.45, 2.75) is 47.1 Å². The molecule has 0 fully saturated rings. The molecule has 2 rings (SSSR count). The molecule has 8 heteroatoms. The van der Waals surface area contributed by atoms with Crippen LogP contribution in [0.4, 0.5) is 0 Å². The zero-order chi connectivity index (χ0) is 24.2. The van der Waals surface area contributed by atoms with Crippen LogP contribution >= 0.6 is 0 Å². The van der Waals surface area contributed by atoms with Crippen molar-refractivity contribution in [3.8, 4) is 17.2 Å². The van der Waals surface area contributed by atoms with Crippen LogP contribution in [0.2, 0.25) is 0 Å². The summed E-state index contributed by atoms with van der Waals surface area (Å²) in [5.41, 5.74) is 3.78. The van der Waals surface area contributed by atoms with Gasteiger partial charge in [-0.25, -0.2) is 5.01 Å². The van der Waals surface area contributed by atoms with E-state index in [4.69, 9.17) is 14.2 Å². The van der Waals surface area contributed by atoms with Crippen molar-refractivity contribution in [3.05, 3.63) is 52.6 Å². The maximum atomic E-state index is 13.4. The molecule has 172 valence electrons. The van der Waals surface area contributed by atoms with E-state index in [0.717, 1.165) is 5.56 Å². The highest BCUT2D eigenvalue weighted by atomic mass is 16.5. The van der Waals surface area contributed by atoms with Gasteiger partial charge in [0.15, 0.2) is 0 Å². The molecule has 2 aromatic rings. The third-order valence-corrected chi connectivity index (χ3v) is 4.87. The molecule has 0 aliphatic carbocycles. The van der Waals surface area contributed by atoms with Gasteiger partial charge in [0.2, 0.25) is 0 Å². The molecule has 1 N–H and O–H groups in total. The maximum absolute atomic E-state index is 13.4. The molecular formula is C24H30N2O6. The average molecular weight is 443 g/mol. The molecule has 0 saturated carbocycles.